The SMILES string of the molecule is CCC1(C)CN(C(c2cccs2)C(C)C)C(C)CN1. The van der Waals surface area contributed by atoms with Crippen LogP contribution < -0.4 is 5.32 Å². The highest BCUT2D eigenvalue weighted by Crippen LogP contribution is 2.35. The van der Waals surface area contributed by atoms with Gasteiger partial charge < -0.3 is 5.32 Å². The van der Waals surface area contributed by atoms with Crippen LogP contribution in [0.1, 0.15) is 52.0 Å². The lowest BCUT2D eigenvalue weighted by molar-refractivity contribution is 0.0358. The van der Waals surface area contributed by atoms with Crippen molar-refractivity contribution in [3.8, 4) is 0 Å². The largest absolute Gasteiger partial charge is 0.309 e. The van der Waals surface area contributed by atoms with E-state index in [1.807, 2.05) is 11.3 Å². The highest BCUT2D eigenvalue weighted by Gasteiger charge is 2.37. The van der Waals surface area contributed by atoms with Gasteiger partial charge in [-0.1, -0.05) is 26.8 Å². The molecule has 1 aliphatic heterocycles. The molecule has 1 aromatic rings. The molecule has 3 heteroatoms. The minimum atomic E-state index is 0.261. The minimum absolute atomic E-state index is 0.261. The molecule has 0 bridgehead atoms. The molecular weight excluding hydrogens is 252 g/mol. The zero-order valence-corrected chi connectivity index (χ0v) is 13.8. The van der Waals surface area contributed by atoms with E-state index >= 15 is 0 Å². The molecule has 3 atom stereocenters. The van der Waals surface area contributed by atoms with Crippen molar-refractivity contribution in [3.05, 3.63) is 22.4 Å². The first-order valence-electron chi connectivity index (χ1n) is 7.51. The second kappa shape index (κ2) is 5.94. The summed E-state index contributed by atoms with van der Waals surface area (Å²) in [5, 5.41) is 5.93. The van der Waals surface area contributed by atoms with Crippen LogP contribution in [-0.4, -0.2) is 29.6 Å². The third kappa shape index (κ3) is 3.21. The van der Waals surface area contributed by atoms with Crippen molar-refractivity contribution >= 4 is 11.3 Å². The quantitative estimate of drug-likeness (QED) is 0.899. The molecule has 1 aromatic heterocycles. The van der Waals surface area contributed by atoms with Crippen LogP contribution in [0.3, 0.4) is 0 Å². The van der Waals surface area contributed by atoms with Crippen LogP contribution in [0.4, 0.5) is 0 Å². The van der Waals surface area contributed by atoms with Crippen molar-refractivity contribution in [2.45, 2.75) is 58.7 Å². The van der Waals surface area contributed by atoms with Gasteiger partial charge in [0.15, 0.2) is 0 Å². The fourth-order valence-electron chi connectivity index (χ4n) is 3.07. The summed E-state index contributed by atoms with van der Waals surface area (Å²) in [4.78, 5) is 4.23. The van der Waals surface area contributed by atoms with Crippen LogP contribution >= 0.6 is 11.3 Å². The van der Waals surface area contributed by atoms with E-state index in [4.69, 9.17) is 0 Å². The maximum absolute atomic E-state index is 3.73. The van der Waals surface area contributed by atoms with Crippen LogP contribution in [0.5, 0.6) is 0 Å². The number of hydrogen-bond donors (Lipinski definition) is 1. The molecule has 2 nitrogen and oxygen atoms in total. The first-order valence-corrected chi connectivity index (χ1v) is 8.39. The van der Waals surface area contributed by atoms with E-state index in [1.54, 1.807) is 0 Å². The van der Waals surface area contributed by atoms with Crippen LogP contribution in [0.25, 0.3) is 0 Å². The summed E-state index contributed by atoms with van der Waals surface area (Å²) in [6, 6.07) is 5.64. The van der Waals surface area contributed by atoms with E-state index in [2.05, 4.69) is 62.3 Å². The Hall–Kier alpha value is -0.380. The molecule has 0 radical (unpaired) electrons. The Labute approximate surface area is 122 Å². The van der Waals surface area contributed by atoms with Gasteiger partial charge in [0.1, 0.15) is 0 Å². The topological polar surface area (TPSA) is 15.3 Å². The molecule has 1 saturated heterocycles. The van der Waals surface area contributed by atoms with E-state index < -0.39 is 0 Å². The fourth-order valence-corrected chi connectivity index (χ4v) is 4.09. The summed E-state index contributed by atoms with van der Waals surface area (Å²) in [5.41, 5.74) is 0.261. The predicted octanol–water partition coefficient (Wildman–Crippen LogP) is 3.91. The van der Waals surface area contributed by atoms with Gasteiger partial charge in [-0.3, -0.25) is 4.90 Å². The molecule has 0 aliphatic carbocycles. The second-order valence-electron chi connectivity index (χ2n) is 6.52. The van der Waals surface area contributed by atoms with Gasteiger partial charge in [0.2, 0.25) is 0 Å². The van der Waals surface area contributed by atoms with Gasteiger partial charge in [0.05, 0.1) is 0 Å². The smallest absolute Gasteiger partial charge is 0.0468 e. The summed E-state index contributed by atoms with van der Waals surface area (Å²) >= 11 is 1.90. The maximum atomic E-state index is 3.73. The molecule has 1 N–H and O–H groups in total. The normalized spacial score (nSPS) is 30.7. The molecule has 108 valence electrons. The number of thiophene rings is 1. The van der Waals surface area contributed by atoms with E-state index in [-0.39, 0.29) is 5.54 Å². The summed E-state index contributed by atoms with van der Waals surface area (Å²) in [6.07, 6.45) is 1.19. The first-order chi connectivity index (χ1) is 8.97. The van der Waals surface area contributed by atoms with Crippen molar-refractivity contribution in [3.63, 3.8) is 0 Å². The molecule has 0 spiro atoms. The molecule has 0 aromatic carbocycles. The zero-order valence-electron chi connectivity index (χ0n) is 12.9. The monoisotopic (exact) mass is 280 g/mol. The predicted molar refractivity (Wildman–Crippen MR) is 84.8 cm³/mol. The Morgan fingerprint density at radius 2 is 2.26 bits per heavy atom. The number of nitrogens with one attached hydrogen (secondary N) is 1. The second-order valence-corrected chi connectivity index (χ2v) is 7.50. The number of rotatable bonds is 4. The Bertz CT molecular complexity index is 387. The molecule has 1 aliphatic rings. The maximum Gasteiger partial charge on any atom is 0.0468 e. The number of nitrogens with zero attached hydrogens (tertiary/aromatic N) is 1. The average molecular weight is 280 g/mol. The van der Waals surface area contributed by atoms with E-state index in [0.717, 1.165) is 13.1 Å². The molecule has 2 rings (SSSR count). The van der Waals surface area contributed by atoms with Gasteiger partial charge in [-0.2, -0.15) is 0 Å². The van der Waals surface area contributed by atoms with E-state index in [9.17, 15) is 0 Å². The lowest BCUT2D eigenvalue weighted by Crippen LogP contribution is -2.62. The van der Waals surface area contributed by atoms with Crippen LogP contribution in [0, 0.1) is 5.92 Å². The number of hydrogen-bond acceptors (Lipinski definition) is 3. The molecule has 1 fully saturated rings. The summed E-state index contributed by atoms with van der Waals surface area (Å²) < 4.78 is 0. The van der Waals surface area contributed by atoms with Crippen LogP contribution in [0.15, 0.2) is 17.5 Å². The van der Waals surface area contributed by atoms with Crippen molar-refractivity contribution in [1.82, 2.24) is 10.2 Å². The van der Waals surface area contributed by atoms with Crippen molar-refractivity contribution in [2.24, 2.45) is 5.92 Å². The summed E-state index contributed by atoms with van der Waals surface area (Å²) in [6.45, 7) is 13.9. The van der Waals surface area contributed by atoms with E-state index in [1.165, 1.54) is 11.3 Å². The molecule has 19 heavy (non-hydrogen) atoms. The van der Waals surface area contributed by atoms with Crippen LogP contribution in [-0.2, 0) is 0 Å². The van der Waals surface area contributed by atoms with Gasteiger partial charge in [-0.25, -0.2) is 0 Å². The molecule has 3 unspecified atom stereocenters. The van der Waals surface area contributed by atoms with Gasteiger partial charge >= 0.3 is 0 Å². The van der Waals surface area contributed by atoms with Gasteiger partial charge in [0, 0.05) is 35.6 Å². The Balaban J connectivity index is 2.25. The van der Waals surface area contributed by atoms with E-state index in [0.29, 0.717) is 18.0 Å². The van der Waals surface area contributed by atoms with Crippen molar-refractivity contribution in [2.75, 3.05) is 13.1 Å². The molecule has 2 heterocycles. The summed E-state index contributed by atoms with van der Waals surface area (Å²) in [7, 11) is 0. The third-order valence-corrected chi connectivity index (χ3v) is 5.47. The van der Waals surface area contributed by atoms with Crippen molar-refractivity contribution < 1.29 is 0 Å². The molecule has 0 amide bonds. The Morgan fingerprint density at radius 1 is 1.53 bits per heavy atom. The summed E-state index contributed by atoms with van der Waals surface area (Å²) in [5.74, 6) is 0.653. The Kier molecular flexibility index (Phi) is 4.70. The van der Waals surface area contributed by atoms with Crippen molar-refractivity contribution in [1.29, 1.82) is 0 Å². The average Bonchev–Trinajstić information content (AvgIpc) is 2.87. The highest BCUT2D eigenvalue weighted by molar-refractivity contribution is 7.10. The standard InChI is InChI=1S/C16H28N2S/c1-6-16(5)11-18(13(4)10-17-16)15(12(2)3)14-8-7-9-19-14/h7-9,12-13,15,17H,6,10-11H2,1-5H3. The highest BCUT2D eigenvalue weighted by atomic mass is 32.1. The van der Waals surface area contributed by atoms with Crippen LogP contribution in [0.2, 0.25) is 0 Å². The van der Waals surface area contributed by atoms with Gasteiger partial charge in [-0.05, 0) is 37.6 Å². The lowest BCUT2D eigenvalue weighted by Gasteiger charge is -2.49. The van der Waals surface area contributed by atoms with Gasteiger partial charge in [0.25, 0.3) is 0 Å². The first kappa shape index (κ1) is 15.0. The Morgan fingerprint density at radius 3 is 2.79 bits per heavy atom. The molecular formula is C16H28N2S. The zero-order chi connectivity index (χ0) is 14.0. The third-order valence-electron chi connectivity index (χ3n) is 4.53. The number of piperazine rings is 1. The molecule has 0 saturated carbocycles. The minimum Gasteiger partial charge on any atom is -0.309 e. The van der Waals surface area contributed by atoms with Gasteiger partial charge in [-0.15, -0.1) is 11.3 Å². The fraction of sp³-hybridized carbons (Fsp3) is 0.750. The lowest BCUT2D eigenvalue weighted by atomic mass is 9.90.